The van der Waals surface area contributed by atoms with Crippen LogP contribution < -0.4 is 15.1 Å². The van der Waals surface area contributed by atoms with Crippen LogP contribution >= 0.6 is 0 Å². The zero-order valence-corrected chi connectivity index (χ0v) is 16.1. The Bertz CT molecular complexity index is 810. The van der Waals surface area contributed by atoms with Crippen LogP contribution in [0, 0.1) is 5.92 Å². The van der Waals surface area contributed by atoms with E-state index in [1.807, 2.05) is 29.7 Å². The maximum Gasteiger partial charge on any atom is 0.227 e. The van der Waals surface area contributed by atoms with Gasteiger partial charge in [-0.3, -0.25) is 9.48 Å². The van der Waals surface area contributed by atoms with Crippen molar-refractivity contribution in [1.29, 1.82) is 0 Å². The highest BCUT2D eigenvalue weighted by atomic mass is 16.1. The molecule has 1 fully saturated rings. The number of carbonyl (C=O) groups is 1. The van der Waals surface area contributed by atoms with Crippen molar-refractivity contribution in [2.45, 2.75) is 45.3 Å². The molecule has 0 spiro atoms. The van der Waals surface area contributed by atoms with E-state index in [4.69, 9.17) is 0 Å². The summed E-state index contributed by atoms with van der Waals surface area (Å²) in [5.41, 5.74) is 2.05. The number of nitrogens with zero attached hydrogens (tertiary/aromatic N) is 6. The molecule has 8 nitrogen and oxygen atoms in total. The van der Waals surface area contributed by atoms with Crippen molar-refractivity contribution >= 4 is 17.7 Å². The molecule has 1 saturated carbocycles. The molecule has 3 heterocycles. The lowest BCUT2D eigenvalue weighted by molar-refractivity contribution is -0.124. The first kappa shape index (κ1) is 17.8. The third kappa shape index (κ3) is 3.89. The SMILES string of the molecule is CN(C)c1ccnc(N2CCn3nc(CNC(=O)C4CCCC4)cc3C2)n1. The van der Waals surface area contributed by atoms with Gasteiger partial charge in [-0.15, -0.1) is 0 Å². The Labute approximate surface area is 159 Å². The summed E-state index contributed by atoms with van der Waals surface area (Å²) in [7, 11) is 3.95. The molecule has 0 atom stereocenters. The Morgan fingerprint density at radius 3 is 2.89 bits per heavy atom. The molecule has 2 aromatic heterocycles. The number of fused-ring (bicyclic) bond motifs is 1. The fourth-order valence-electron chi connectivity index (χ4n) is 3.83. The van der Waals surface area contributed by atoms with Gasteiger partial charge in [-0.05, 0) is 25.0 Å². The molecule has 1 N–H and O–H groups in total. The van der Waals surface area contributed by atoms with E-state index in [-0.39, 0.29) is 11.8 Å². The smallest absolute Gasteiger partial charge is 0.227 e. The molecule has 2 aromatic rings. The van der Waals surface area contributed by atoms with Crippen LogP contribution in [0.5, 0.6) is 0 Å². The highest BCUT2D eigenvalue weighted by Crippen LogP contribution is 2.25. The van der Waals surface area contributed by atoms with Gasteiger partial charge in [0.05, 0.1) is 31.0 Å². The lowest BCUT2D eigenvalue weighted by Gasteiger charge is -2.28. The Morgan fingerprint density at radius 2 is 2.11 bits per heavy atom. The van der Waals surface area contributed by atoms with Crippen molar-refractivity contribution in [3.63, 3.8) is 0 Å². The molecule has 0 radical (unpaired) electrons. The Kier molecular flexibility index (Phi) is 4.96. The van der Waals surface area contributed by atoms with Gasteiger partial charge in [0.25, 0.3) is 0 Å². The van der Waals surface area contributed by atoms with Gasteiger partial charge in [0.1, 0.15) is 5.82 Å². The lowest BCUT2D eigenvalue weighted by atomic mass is 10.1. The average molecular weight is 369 g/mol. The zero-order chi connectivity index (χ0) is 18.8. The monoisotopic (exact) mass is 369 g/mol. The fraction of sp³-hybridized carbons (Fsp3) is 0.579. The third-order valence-electron chi connectivity index (χ3n) is 5.39. The Hall–Kier alpha value is -2.64. The molecule has 0 saturated heterocycles. The van der Waals surface area contributed by atoms with E-state index in [0.717, 1.165) is 55.6 Å². The molecule has 4 rings (SSSR count). The molecule has 144 valence electrons. The van der Waals surface area contributed by atoms with Crippen LogP contribution in [0.2, 0.25) is 0 Å². The minimum Gasteiger partial charge on any atom is -0.363 e. The Balaban J connectivity index is 1.40. The molecule has 1 amide bonds. The summed E-state index contributed by atoms with van der Waals surface area (Å²) in [6, 6.07) is 3.99. The predicted molar refractivity (Wildman–Crippen MR) is 103 cm³/mol. The van der Waals surface area contributed by atoms with Crippen molar-refractivity contribution in [2.75, 3.05) is 30.4 Å². The third-order valence-corrected chi connectivity index (χ3v) is 5.39. The van der Waals surface area contributed by atoms with Crippen LogP contribution in [0.1, 0.15) is 37.1 Å². The maximum absolute atomic E-state index is 12.2. The van der Waals surface area contributed by atoms with Crippen LogP contribution in [0.3, 0.4) is 0 Å². The standard InChI is InChI=1S/C19H27N7O/c1-24(2)17-7-8-20-19(22-17)25-9-10-26-16(13-25)11-15(23-26)12-21-18(27)14-5-3-4-6-14/h7-8,11,14H,3-6,9-10,12-13H2,1-2H3,(H,21,27). The number of hydrogen-bond donors (Lipinski definition) is 1. The summed E-state index contributed by atoms with van der Waals surface area (Å²) in [6.45, 7) is 2.84. The molecule has 1 aliphatic carbocycles. The van der Waals surface area contributed by atoms with E-state index in [9.17, 15) is 4.79 Å². The molecular formula is C19H27N7O. The van der Waals surface area contributed by atoms with Crippen molar-refractivity contribution in [3.8, 4) is 0 Å². The van der Waals surface area contributed by atoms with Crippen molar-refractivity contribution in [2.24, 2.45) is 5.92 Å². The number of rotatable bonds is 5. The number of nitrogens with one attached hydrogen (secondary N) is 1. The average Bonchev–Trinajstić information content (AvgIpc) is 3.35. The van der Waals surface area contributed by atoms with Gasteiger partial charge in [0.2, 0.25) is 11.9 Å². The van der Waals surface area contributed by atoms with Gasteiger partial charge in [-0.2, -0.15) is 10.1 Å². The van der Waals surface area contributed by atoms with Crippen LogP contribution in [0.15, 0.2) is 18.3 Å². The van der Waals surface area contributed by atoms with E-state index in [0.29, 0.717) is 6.54 Å². The van der Waals surface area contributed by atoms with Gasteiger partial charge >= 0.3 is 0 Å². The molecule has 27 heavy (non-hydrogen) atoms. The fourth-order valence-corrected chi connectivity index (χ4v) is 3.83. The minimum absolute atomic E-state index is 0.175. The van der Waals surface area contributed by atoms with Crippen LogP contribution in [-0.2, 0) is 24.4 Å². The van der Waals surface area contributed by atoms with Gasteiger partial charge in [-0.1, -0.05) is 12.8 Å². The molecule has 8 heteroatoms. The molecule has 0 bridgehead atoms. The van der Waals surface area contributed by atoms with Gasteiger partial charge in [0.15, 0.2) is 0 Å². The summed E-state index contributed by atoms with van der Waals surface area (Å²) in [5, 5.41) is 7.70. The van der Waals surface area contributed by atoms with Crippen molar-refractivity contribution < 1.29 is 4.79 Å². The first-order valence-corrected chi connectivity index (χ1v) is 9.69. The van der Waals surface area contributed by atoms with E-state index < -0.39 is 0 Å². The predicted octanol–water partition coefficient (Wildman–Crippen LogP) is 1.57. The summed E-state index contributed by atoms with van der Waals surface area (Å²) in [5.74, 6) is 2.01. The Morgan fingerprint density at radius 1 is 1.30 bits per heavy atom. The number of aromatic nitrogens is 4. The van der Waals surface area contributed by atoms with Gasteiger partial charge in [-0.25, -0.2) is 4.98 Å². The second-order valence-electron chi connectivity index (χ2n) is 7.58. The van der Waals surface area contributed by atoms with E-state index in [1.54, 1.807) is 6.20 Å². The topological polar surface area (TPSA) is 79.2 Å². The zero-order valence-electron chi connectivity index (χ0n) is 16.1. The summed E-state index contributed by atoms with van der Waals surface area (Å²) in [4.78, 5) is 25.4. The van der Waals surface area contributed by atoms with Crippen LogP contribution in [0.4, 0.5) is 11.8 Å². The highest BCUT2D eigenvalue weighted by Gasteiger charge is 2.24. The number of anilines is 2. The normalized spacial score (nSPS) is 17.0. The lowest BCUT2D eigenvalue weighted by Crippen LogP contribution is -2.35. The van der Waals surface area contributed by atoms with E-state index >= 15 is 0 Å². The summed E-state index contributed by atoms with van der Waals surface area (Å²) < 4.78 is 2.03. The second kappa shape index (κ2) is 7.54. The first-order valence-electron chi connectivity index (χ1n) is 9.69. The quantitative estimate of drug-likeness (QED) is 0.862. The molecule has 0 aromatic carbocycles. The van der Waals surface area contributed by atoms with Gasteiger partial charge < -0.3 is 15.1 Å². The number of carbonyl (C=O) groups excluding carboxylic acids is 1. The highest BCUT2D eigenvalue weighted by molar-refractivity contribution is 5.78. The summed E-state index contributed by atoms with van der Waals surface area (Å²) >= 11 is 0. The number of amides is 1. The van der Waals surface area contributed by atoms with E-state index in [2.05, 4.69) is 31.3 Å². The van der Waals surface area contributed by atoms with Crippen LogP contribution in [-0.4, -0.2) is 46.3 Å². The first-order chi connectivity index (χ1) is 13.1. The minimum atomic E-state index is 0.175. The maximum atomic E-state index is 12.2. The molecule has 1 aliphatic heterocycles. The van der Waals surface area contributed by atoms with E-state index in [1.165, 1.54) is 12.8 Å². The van der Waals surface area contributed by atoms with Crippen LogP contribution in [0.25, 0.3) is 0 Å². The molecule has 0 unspecified atom stereocenters. The summed E-state index contributed by atoms with van der Waals surface area (Å²) in [6.07, 6.45) is 6.18. The number of hydrogen-bond acceptors (Lipinski definition) is 6. The van der Waals surface area contributed by atoms with Gasteiger partial charge in [0, 0.05) is 32.8 Å². The molecule has 2 aliphatic rings. The largest absolute Gasteiger partial charge is 0.363 e. The van der Waals surface area contributed by atoms with Crippen molar-refractivity contribution in [1.82, 2.24) is 25.1 Å². The molecular weight excluding hydrogens is 342 g/mol. The van der Waals surface area contributed by atoms with Crippen molar-refractivity contribution in [3.05, 3.63) is 29.7 Å². The second-order valence-corrected chi connectivity index (χ2v) is 7.58.